The summed E-state index contributed by atoms with van der Waals surface area (Å²) < 4.78 is 3.78. The number of carbonyl (C=O) groups is 1. The monoisotopic (exact) mass is 532 g/mol. The van der Waals surface area contributed by atoms with Crippen LogP contribution in [0.25, 0.3) is 0 Å². The van der Waals surface area contributed by atoms with Gasteiger partial charge in [0.1, 0.15) is 0 Å². The number of rotatable bonds is 15. The van der Waals surface area contributed by atoms with Crippen molar-refractivity contribution in [1.29, 1.82) is 0 Å². The van der Waals surface area contributed by atoms with Gasteiger partial charge in [0.2, 0.25) is 0 Å². The molecular formula is C17H31Br3O2Si. The minimum atomic E-state index is -1.37. The molecule has 0 saturated heterocycles. The lowest BCUT2D eigenvalue weighted by Crippen LogP contribution is -2.12. The van der Waals surface area contributed by atoms with Crippen LogP contribution in [0, 0.1) is 0 Å². The zero-order valence-electron chi connectivity index (χ0n) is 14.3. The summed E-state index contributed by atoms with van der Waals surface area (Å²) >= 11 is 11.0. The highest BCUT2D eigenvalue weighted by Crippen LogP contribution is 2.33. The molecule has 2 nitrogen and oxygen atoms in total. The van der Waals surface area contributed by atoms with Crippen molar-refractivity contribution < 1.29 is 9.53 Å². The molecule has 0 N–H and O–H groups in total. The average Bonchev–Trinajstić information content (AvgIpc) is 2.47. The van der Waals surface area contributed by atoms with Crippen LogP contribution in [0.4, 0.5) is 0 Å². The van der Waals surface area contributed by atoms with Gasteiger partial charge in [-0.15, -0.1) is 0 Å². The summed E-state index contributed by atoms with van der Waals surface area (Å²) in [6, 6.07) is 1.24. The molecule has 23 heavy (non-hydrogen) atoms. The van der Waals surface area contributed by atoms with Crippen molar-refractivity contribution in [2.45, 2.75) is 89.7 Å². The second-order valence-electron chi connectivity index (χ2n) is 6.14. The third-order valence-corrected chi connectivity index (χ3v) is 8.29. The highest BCUT2D eigenvalue weighted by atomic mass is 80.0. The molecule has 0 saturated carbocycles. The SMILES string of the molecule is C=CC(=O)OC(C)CCCCCCCCCCCC[Si](Br)(Br)Br. The van der Waals surface area contributed by atoms with E-state index in [9.17, 15) is 4.79 Å². The van der Waals surface area contributed by atoms with Crippen LogP contribution in [0.3, 0.4) is 0 Å². The molecular weight excluding hydrogens is 504 g/mol. The van der Waals surface area contributed by atoms with Crippen molar-refractivity contribution in [3.05, 3.63) is 12.7 Å². The maximum Gasteiger partial charge on any atom is 0.330 e. The fraction of sp³-hybridized carbons (Fsp3) is 0.824. The quantitative estimate of drug-likeness (QED) is 0.0713. The molecule has 0 amide bonds. The van der Waals surface area contributed by atoms with Crippen molar-refractivity contribution in [3.63, 3.8) is 0 Å². The molecule has 0 aromatic rings. The van der Waals surface area contributed by atoms with Crippen molar-refractivity contribution in [3.8, 4) is 0 Å². The number of ether oxygens (including phenoxy) is 1. The molecule has 0 fully saturated rings. The summed E-state index contributed by atoms with van der Waals surface area (Å²) in [6.07, 6.45) is 15.3. The summed E-state index contributed by atoms with van der Waals surface area (Å²) in [7, 11) is 0. The van der Waals surface area contributed by atoms with Gasteiger partial charge in [0.25, 0.3) is 3.93 Å². The first-order chi connectivity index (χ1) is 10.8. The summed E-state index contributed by atoms with van der Waals surface area (Å²) in [5.41, 5.74) is 0. The molecule has 0 radical (unpaired) electrons. The Morgan fingerprint density at radius 1 is 0.957 bits per heavy atom. The molecule has 0 aromatic carbocycles. The Morgan fingerprint density at radius 2 is 1.39 bits per heavy atom. The third-order valence-electron chi connectivity index (χ3n) is 3.80. The molecule has 0 aliphatic carbocycles. The zero-order valence-corrected chi connectivity index (χ0v) is 20.1. The largest absolute Gasteiger partial charge is 0.460 e. The van der Waals surface area contributed by atoms with Gasteiger partial charge < -0.3 is 4.74 Å². The molecule has 6 heteroatoms. The molecule has 136 valence electrons. The molecule has 0 aromatic heterocycles. The Labute approximate surface area is 166 Å². The fourth-order valence-corrected chi connectivity index (χ4v) is 5.65. The molecule has 0 aliphatic rings. The highest BCUT2D eigenvalue weighted by Gasteiger charge is 2.20. The average molecular weight is 535 g/mol. The van der Waals surface area contributed by atoms with Gasteiger partial charge in [-0.25, -0.2) is 4.79 Å². The zero-order chi connectivity index (χ0) is 17.6. The number of hydrogen-bond donors (Lipinski definition) is 0. The van der Waals surface area contributed by atoms with E-state index in [1.54, 1.807) is 0 Å². The molecule has 0 aliphatic heterocycles. The molecule has 1 unspecified atom stereocenters. The standard InChI is InChI=1S/C17H31Br3O2Si/c1-3-17(21)22-16(2)14-12-10-8-6-4-5-7-9-11-13-15-23(18,19)20/h3,16H,1,4-15H2,2H3. The minimum absolute atomic E-state index is 0.0147. The maximum atomic E-state index is 11.0. The normalized spacial score (nSPS) is 12.9. The van der Waals surface area contributed by atoms with Gasteiger partial charge in [0.05, 0.1) is 6.10 Å². The van der Waals surface area contributed by atoms with E-state index in [-0.39, 0.29) is 12.1 Å². The van der Waals surface area contributed by atoms with E-state index in [4.69, 9.17) is 4.74 Å². The number of unbranched alkanes of at least 4 members (excludes halogenated alkanes) is 9. The fourth-order valence-electron chi connectivity index (χ4n) is 2.48. The molecule has 0 heterocycles. The van der Waals surface area contributed by atoms with Crippen molar-refractivity contribution in [2.24, 2.45) is 0 Å². The van der Waals surface area contributed by atoms with E-state index in [1.165, 1.54) is 69.9 Å². The smallest absolute Gasteiger partial charge is 0.330 e. The van der Waals surface area contributed by atoms with Crippen LogP contribution in [0.2, 0.25) is 6.04 Å². The van der Waals surface area contributed by atoms with Gasteiger partial charge in [-0.05, 0) is 25.8 Å². The van der Waals surface area contributed by atoms with Crippen LogP contribution < -0.4 is 0 Å². The van der Waals surface area contributed by atoms with Crippen molar-refractivity contribution in [2.75, 3.05) is 0 Å². The van der Waals surface area contributed by atoms with E-state index in [2.05, 4.69) is 52.5 Å². The number of halogens is 3. The summed E-state index contributed by atoms with van der Waals surface area (Å²) in [5, 5.41) is 0. The topological polar surface area (TPSA) is 26.3 Å². The predicted molar refractivity (Wildman–Crippen MR) is 114 cm³/mol. The van der Waals surface area contributed by atoms with Crippen LogP contribution in [-0.4, -0.2) is 16.0 Å². The Hall–Kier alpha value is 0.867. The Bertz CT molecular complexity index is 319. The molecule has 0 spiro atoms. The Balaban J connectivity index is 3.22. The Kier molecular flexibility index (Phi) is 15.7. The maximum absolute atomic E-state index is 11.0. The predicted octanol–water partition coefficient (Wildman–Crippen LogP) is 7.52. The lowest BCUT2D eigenvalue weighted by Gasteiger charge is -2.11. The van der Waals surface area contributed by atoms with E-state index >= 15 is 0 Å². The van der Waals surface area contributed by atoms with Gasteiger partial charge >= 0.3 is 5.97 Å². The van der Waals surface area contributed by atoms with E-state index < -0.39 is 3.93 Å². The second-order valence-corrected chi connectivity index (χ2v) is 29.6. The summed E-state index contributed by atoms with van der Waals surface area (Å²) in [6.45, 7) is 5.36. The first-order valence-electron chi connectivity index (χ1n) is 8.75. The lowest BCUT2D eigenvalue weighted by atomic mass is 10.0. The Morgan fingerprint density at radius 3 is 1.83 bits per heavy atom. The minimum Gasteiger partial charge on any atom is -0.460 e. The van der Waals surface area contributed by atoms with Crippen LogP contribution in [0.5, 0.6) is 0 Å². The van der Waals surface area contributed by atoms with E-state index in [1.807, 2.05) is 6.92 Å². The summed E-state index contributed by atoms with van der Waals surface area (Å²) in [4.78, 5) is 11.0. The van der Waals surface area contributed by atoms with Crippen LogP contribution >= 0.6 is 45.9 Å². The van der Waals surface area contributed by atoms with Crippen LogP contribution in [0.1, 0.15) is 77.6 Å². The van der Waals surface area contributed by atoms with E-state index in [0.29, 0.717) is 0 Å². The van der Waals surface area contributed by atoms with Gasteiger partial charge in [-0.2, -0.15) is 0 Å². The number of carbonyl (C=O) groups excluding carboxylic acids is 1. The van der Waals surface area contributed by atoms with Crippen LogP contribution in [-0.2, 0) is 9.53 Å². The highest BCUT2D eigenvalue weighted by molar-refractivity contribution is 9.72. The van der Waals surface area contributed by atoms with Crippen LogP contribution in [0.15, 0.2) is 12.7 Å². The summed E-state index contributed by atoms with van der Waals surface area (Å²) in [5.74, 6) is -0.311. The van der Waals surface area contributed by atoms with Gasteiger partial charge in [0.15, 0.2) is 0 Å². The van der Waals surface area contributed by atoms with Gasteiger partial charge in [-0.3, -0.25) is 0 Å². The van der Waals surface area contributed by atoms with Crippen molar-refractivity contribution in [1.82, 2.24) is 0 Å². The first-order valence-corrected chi connectivity index (χ1v) is 17.7. The van der Waals surface area contributed by atoms with Gasteiger partial charge in [0, 0.05) is 6.08 Å². The third kappa shape index (κ3) is 19.0. The molecule has 0 bridgehead atoms. The number of hydrogen-bond acceptors (Lipinski definition) is 2. The lowest BCUT2D eigenvalue weighted by molar-refractivity contribution is -0.142. The van der Waals surface area contributed by atoms with E-state index in [0.717, 1.165) is 12.8 Å². The number of esters is 1. The second kappa shape index (κ2) is 15.1. The van der Waals surface area contributed by atoms with Gasteiger partial charge in [-0.1, -0.05) is 110 Å². The van der Waals surface area contributed by atoms with Crippen molar-refractivity contribution >= 4 is 55.8 Å². The molecule has 0 rings (SSSR count). The molecule has 1 atom stereocenters. The first kappa shape index (κ1) is 23.9.